The molecule has 1 rings (SSSR count). The van der Waals surface area contributed by atoms with Crippen LogP contribution in [0.5, 0.6) is 0 Å². The van der Waals surface area contributed by atoms with Crippen molar-refractivity contribution in [3.05, 3.63) is 22.1 Å². The van der Waals surface area contributed by atoms with Crippen molar-refractivity contribution in [2.45, 2.75) is 45.3 Å². The molecule has 1 unspecified atom stereocenters. The molecule has 1 aliphatic carbocycles. The molecular weight excluding hydrogens is 175 g/mol. The first-order valence-electron chi connectivity index (χ1n) is 5.03. The predicted octanol–water partition coefficient (Wildman–Crippen LogP) is 3.13. The van der Waals surface area contributed by atoms with Crippen LogP contribution in [0.1, 0.15) is 40.0 Å². The minimum atomic E-state index is 0.473. The summed E-state index contributed by atoms with van der Waals surface area (Å²) in [6.45, 7) is 6.64. The van der Waals surface area contributed by atoms with Gasteiger partial charge < -0.3 is 0 Å². The van der Waals surface area contributed by atoms with Gasteiger partial charge in [-0.25, -0.2) is 0 Å². The molecule has 72 valence electrons. The van der Waals surface area contributed by atoms with Crippen LogP contribution in [0.15, 0.2) is 22.1 Å². The van der Waals surface area contributed by atoms with Crippen molar-refractivity contribution in [1.29, 1.82) is 0 Å². The standard InChI is InChI=1S/C11H19BS/c1-4-9-6-11(3,12)7-10(9)5-8(2)13/h5,13H,4,6-7,12H2,1-3H3/b8-5+. The third kappa shape index (κ3) is 2.94. The quantitative estimate of drug-likeness (QED) is 0.506. The molecule has 0 saturated carbocycles. The molecular formula is C11H19BS. The Labute approximate surface area is 88.3 Å². The highest BCUT2D eigenvalue weighted by Gasteiger charge is 2.28. The Morgan fingerprint density at radius 2 is 2.23 bits per heavy atom. The zero-order valence-electron chi connectivity index (χ0n) is 9.15. The highest BCUT2D eigenvalue weighted by atomic mass is 32.1. The highest BCUT2D eigenvalue weighted by molar-refractivity contribution is 7.84. The molecule has 2 heteroatoms. The summed E-state index contributed by atoms with van der Waals surface area (Å²) in [6.07, 6.45) is 5.90. The molecule has 0 aromatic heterocycles. The lowest BCUT2D eigenvalue weighted by molar-refractivity contribution is 0.646. The molecule has 0 amide bonds. The topological polar surface area (TPSA) is 0 Å². The summed E-state index contributed by atoms with van der Waals surface area (Å²) in [7, 11) is 2.34. The van der Waals surface area contributed by atoms with Gasteiger partial charge in [0.05, 0.1) is 0 Å². The van der Waals surface area contributed by atoms with E-state index in [-0.39, 0.29) is 0 Å². The maximum atomic E-state index is 4.34. The van der Waals surface area contributed by atoms with Gasteiger partial charge in [-0.2, -0.15) is 0 Å². The minimum Gasteiger partial charge on any atom is -0.148 e. The van der Waals surface area contributed by atoms with Crippen molar-refractivity contribution < 1.29 is 0 Å². The molecule has 0 N–H and O–H groups in total. The first-order chi connectivity index (χ1) is 5.94. The monoisotopic (exact) mass is 194 g/mol. The van der Waals surface area contributed by atoms with Crippen LogP contribution in [-0.2, 0) is 0 Å². The van der Waals surface area contributed by atoms with Crippen LogP contribution in [0, 0.1) is 0 Å². The zero-order valence-corrected chi connectivity index (χ0v) is 10.0. The van der Waals surface area contributed by atoms with E-state index in [1.54, 1.807) is 5.57 Å². The molecule has 0 heterocycles. The fraction of sp³-hybridized carbons (Fsp3) is 0.636. The van der Waals surface area contributed by atoms with Crippen molar-refractivity contribution in [3.63, 3.8) is 0 Å². The molecule has 0 spiro atoms. The van der Waals surface area contributed by atoms with E-state index in [1.165, 1.54) is 24.8 Å². The molecule has 0 aromatic rings. The summed E-state index contributed by atoms with van der Waals surface area (Å²) >= 11 is 4.34. The van der Waals surface area contributed by atoms with Gasteiger partial charge in [-0.3, -0.25) is 0 Å². The largest absolute Gasteiger partial charge is 0.148 e. The molecule has 1 aliphatic rings. The van der Waals surface area contributed by atoms with E-state index in [0.717, 1.165) is 4.91 Å². The van der Waals surface area contributed by atoms with Gasteiger partial charge >= 0.3 is 0 Å². The number of hydrogen-bond acceptors (Lipinski definition) is 1. The molecule has 13 heavy (non-hydrogen) atoms. The van der Waals surface area contributed by atoms with Crippen LogP contribution < -0.4 is 0 Å². The van der Waals surface area contributed by atoms with E-state index in [2.05, 4.69) is 47.3 Å². The first-order valence-corrected chi connectivity index (χ1v) is 5.47. The fourth-order valence-corrected chi connectivity index (χ4v) is 2.31. The average Bonchev–Trinajstić information content (AvgIpc) is 2.24. The van der Waals surface area contributed by atoms with Crippen molar-refractivity contribution in [2.24, 2.45) is 0 Å². The van der Waals surface area contributed by atoms with E-state index >= 15 is 0 Å². The summed E-state index contributed by atoms with van der Waals surface area (Å²) in [4.78, 5) is 1.12. The van der Waals surface area contributed by atoms with Gasteiger partial charge in [0.25, 0.3) is 0 Å². The second-order valence-electron chi connectivity index (χ2n) is 4.79. The Balaban J connectivity index is 2.87. The second kappa shape index (κ2) is 3.95. The van der Waals surface area contributed by atoms with Gasteiger partial charge in [0.15, 0.2) is 0 Å². The van der Waals surface area contributed by atoms with Gasteiger partial charge in [-0.05, 0) is 36.7 Å². The summed E-state index contributed by atoms with van der Waals surface area (Å²) in [5, 5.41) is 0.473. The molecule has 0 aliphatic heterocycles. The number of rotatable bonds is 2. The van der Waals surface area contributed by atoms with Crippen LogP contribution in [0.3, 0.4) is 0 Å². The summed E-state index contributed by atoms with van der Waals surface area (Å²) in [5.74, 6) is 0. The van der Waals surface area contributed by atoms with Crippen LogP contribution in [0.4, 0.5) is 0 Å². The van der Waals surface area contributed by atoms with Crippen LogP contribution in [0.25, 0.3) is 0 Å². The van der Waals surface area contributed by atoms with Crippen molar-refractivity contribution in [3.8, 4) is 0 Å². The zero-order chi connectivity index (χ0) is 10.1. The number of thiol groups is 1. The smallest absolute Gasteiger partial charge is 0.109 e. The third-order valence-electron chi connectivity index (χ3n) is 2.62. The van der Waals surface area contributed by atoms with Crippen LogP contribution >= 0.6 is 12.6 Å². The fourth-order valence-electron chi connectivity index (χ4n) is 2.15. The summed E-state index contributed by atoms with van der Waals surface area (Å²) in [6, 6.07) is 0. The SMILES string of the molecule is BC1(C)CC(/C=C(\C)S)=C(CC)C1. The maximum absolute atomic E-state index is 4.34. The molecule has 0 aromatic carbocycles. The molecule has 0 bridgehead atoms. The van der Waals surface area contributed by atoms with Crippen molar-refractivity contribution in [1.82, 2.24) is 0 Å². The predicted molar refractivity (Wildman–Crippen MR) is 66.2 cm³/mol. The highest BCUT2D eigenvalue weighted by Crippen LogP contribution is 2.46. The maximum Gasteiger partial charge on any atom is 0.109 e. The van der Waals surface area contributed by atoms with Crippen molar-refractivity contribution in [2.75, 3.05) is 0 Å². The lowest BCUT2D eigenvalue weighted by Crippen LogP contribution is -2.02. The van der Waals surface area contributed by atoms with Gasteiger partial charge in [0, 0.05) is 0 Å². The lowest BCUT2D eigenvalue weighted by Gasteiger charge is -2.16. The molecule has 1 atom stereocenters. The third-order valence-corrected chi connectivity index (χ3v) is 2.75. The molecule has 0 nitrogen and oxygen atoms in total. The summed E-state index contributed by atoms with van der Waals surface area (Å²) < 4.78 is 0. The Morgan fingerprint density at radius 3 is 2.69 bits per heavy atom. The minimum absolute atomic E-state index is 0.473. The molecule has 0 fully saturated rings. The van der Waals surface area contributed by atoms with E-state index in [4.69, 9.17) is 0 Å². The van der Waals surface area contributed by atoms with Crippen molar-refractivity contribution >= 4 is 20.5 Å². The Kier molecular flexibility index (Phi) is 3.34. The lowest BCUT2D eigenvalue weighted by atomic mass is 9.68. The molecule has 0 saturated heterocycles. The first kappa shape index (κ1) is 11.0. The average molecular weight is 194 g/mol. The van der Waals surface area contributed by atoms with Crippen LogP contribution in [-0.4, -0.2) is 7.85 Å². The Hall–Kier alpha value is -0.105. The second-order valence-corrected chi connectivity index (χ2v) is 5.49. The summed E-state index contributed by atoms with van der Waals surface area (Å²) in [5.41, 5.74) is 3.15. The van der Waals surface area contributed by atoms with Gasteiger partial charge in [0.1, 0.15) is 7.85 Å². The van der Waals surface area contributed by atoms with Gasteiger partial charge in [-0.15, -0.1) is 12.6 Å². The van der Waals surface area contributed by atoms with E-state index in [1.807, 2.05) is 0 Å². The van der Waals surface area contributed by atoms with E-state index in [0.29, 0.717) is 5.31 Å². The normalized spacial score (nSPS) is 30.0. The van der Waals surface area contributed by atoms with E-state index in [9.17, 15) is 0 Å². The van der Waals surface area contributed by atoms with E-state index < -0.39 is 0 Å². The molecule has 0 radical (unpaired) electrons. The van der Waals surface area contributed by atoms with Gasteiger partial charge in [0.2, 0.25) is 0 Å². The van der Waals surface area contributed by atoms with Gasteiger partial charge in [-0.1, -0.05) is 30.8 Å². The van der Waals surface area contributed by atoms with Crippen LogP contribution in [0.2, 0.25) is 5.31 Å². The Bertz CT molecular complexity index is 257. The number of allylic oxidation sites excluding steroid dienone is 4. The number of hydrogen-bond donors (Lipinski definition) is 1. The Morgan fingerprint density at radius 1 is 1.62 bits per heavy atom.